The second-order valence-electron chi connectivity index (χ2n) is 3.14. The van der Waals surface area contributed by atoms with Crippen LogP contribution in [0.25, 0.3) is 0 Å². The van der Waals surface area contributed by atoms with Gasteiger partial charge in [-0.05, 0) is 30.7 Å². The summed E-state index contributed by atoms with van der Waals surface area (Å²) in [4.78, 5) is 0. The third-order valence-electron chi connectivity index (χ3n) is 2.33. The Balaban J connectivity index is 2.45. The molecule has 1 aromatic rings. The number of hydrogen-bond acceptors (Lipinski definition) is 2. The van der Waals surface area contributed by atoms with Crippen molar-refractivity contribution < 1.29 is 4.74 Å². The van der Waals surface area contributed by atoms with Gasteiger partial charge in [-0.2, -0.15) is 0 Å². The van der Waals surface area contributed by atoms with Crippen LogP contribution in [0.4, 0.5) is 0 Å². The van der Waals surface area contributed by atoms with E-state index >= 15 is 0 Å². The van der Waals surface area contributed by atoms with Crippen LogP contribution in [-0.4, -0.2) is 13.2 Å². The number of fused-ring (bicyclic) bond motifs is 1. The molecule has 0 radical (unpaired) electrons. The Labute approximate surface area is 82.6 Å². The van der Waals surface area contributed by atoms with Gasteiger partial charge in [-0.1, -0.05) is 11.6 Å². The topological polar surface area (TPSA) is 35.2 Å². The van der Waals surface area contributed by atoms with Crippen molar-refractivity contribution in [1.82, 2.24) is 0 Å². The van der Waals surface area contributed by atoms with Gasteiger partial charge in [0.1, 0.15) is 5.75 Å². The molecule has 0 bridgehead atoms. The molecule has 0 spiro atoms. The van der Waals surface area contributed by atoms with Crippen molar-refractivity contribution in [3.63, 3.8) is 0 Å². The van der Waals surface area contributed by atoms with E-state index in [4.69, 9.17) is 22.1 Å². The molecule has 0 aromatic heterocycles. The van der Waals surface area contributed by atoms with Gasteiger partial charge in [-0.15, -0.1) is 0 Å². The largest absolute Gasteiger partial charge is 0.493 e. The SMILES string of the molecule is NCCc1c(Cl)ccc2c1CCO2. The Kier molecular flexibility index (Phi) is 2.42. The van der Waals surface area contributed by atoms with Gasteiger partial charge >= 0.3 is 0 Å². The second kappa shape index (κ2) is 3.56. The highest BCUT2D eigenvalue weighted by atomic mass is 35.5. The van der Waals surface area contributed by atoms with E-state index in [-0.39, 0.29) is 0 Å². The number of ether oxygens (including phenoxy) is 1. The summed E-state index contributed by atoms with van der Waals surface area (Å²) in [5, 5.41) is 0.815. The molecule has 2 rings (SSSR count). The first kappa shape index (κ1) is 8.85. The molecule has 1 aliphatic heterocycles. The summed E-state index contributed by atoms with van der Waals surface area (Å²) < 4.78 is 5.44. The lowest BCUT2D eigenvalue weighted by Crippen LogP contribution is -2.05. The fraction of sp³-hybridized carbons (Fsp3) is 0.400. The molecular formula is C10H12ClNO. The molecule has 0 fully saturated rings. The predicted molar refractivity (Wildman–Crippen MR) is 53.4 cm³/mol. The molecule has 2 N–H and O–H groups in total. The fourth-order valence-electron chi connectivity index (χ4n) is 1.73. The molecule has 0 aliphatic carbocycles. The lowest BCUT2D eigenvalue weighted by atomic mass is 10.0. The molecule has 1 aliphatic rings. The van der Waals surface area contributed by atoms with E-state index in [9.17, 15) is 0 Å². The Morgan fingerprint density at radius 2 is 2.31 bits per heavy atom. The Morgan fingerprint density at radius 1 is 1.46 bits per heavy atom. The van der Waals surface area contributed by atoms with E-state index in [1.54, 1.807) is 0 Å². The van der Waals surface area contributed by atoms with Gasteiger partial charge in [0.25, 0.3) is 0 Å². The number of nitrogens with two attached hydrogens (primary N) is 1. The quantitative estimate of drug-likeness (QED) is 0.785. The van der Waals surface area contributed by atoms with Crippen LogP contribution in [0.3, 0.4) is 0 Å². The fourth-order valence-corrected chi connectivity index (χ4v) is 2.00. The first-order chi connectivity index (χ1) is 6.33. The summed E-state index contributed by atoms with van der Waals surface area (Å²) in [7, 11) is 0. The van der Waals surface area contributed by atoms with E-state index in [0.717, 1.165) is 30.2 Å². The molecule has 0 amide bonds. The molecular weight excluding hydrogens is 186 g/mol. The van der Waals surface area contributed by atoms with Crippen molar-refractivity contribution in [2.24, 2.45) is 5.73 Å². The molecule has 1 aromatic carbocycles. The average molecular weight is 198 g/mol. The minimum Gasteiger partial charge on any atom is -0.493 e. The van der Waals surface area contributed by atoms with Gasteiger partial charge in [0, 0.05) is 17.0 Å². The summed E-state index contributed by atoms with van der Waals surface area (Å²) in [5.74, 6) is 0.979. The summed E-state index contributed by atoms with van der Waals surface area (Å²) in [6.45, 7) is 1.41. The van der Waals surface area contributed by atoms with Crippen molar-refractivity contribution in [1.29, 1.82) is 0 Å². The minimum atomic E-state index is 0.635. The zero-order chi connectivity index (χ0) is 9.26. The second-order valence-corrected chi connectivity index (χ2v) is 3.55. The van der Waals surface area contributed by atoms with E-state index in [1.165, 1.54) is 11.1 Å². The standard InChI is InChI=1S/C10H12ClNO/c11-9-1-2-10-8(4-6-13-10)7(9)3-5-12/h1-2H,3-6,12H2. The van der Waals surface area contributed by atoms with E-state index in [0.29, 0.717) is 6.54 Å². The molecule has 13 heavy (non-hydrogen) atoms. The number of halogens is 1. The highest BCUT2D eigenvalue weighted by Crippen LogP contribution is 2.33. The van der Waals surface area contributed by atoms with Crippen LogP contribution >= 0.6 is 11.6 Å². The van der Waals surface area contributed by atoms with Crippen molar-refractivity contribution in [3.8, 4) is 5.75 Å². The van der Waals surface area contributed by atoms with Gasteiger partial charge in [-0.3, -0.25) is 0 Å². The van der Waals surface area contributed by atoms with Crippen LogP contribution in [0.1, 0.15) is 11.1 Å². The molecule has 2 nitrogen and oxygen atoms in total. The zero-order valence-corrected chi connectivity index (χ0v) is 8.10. The first-order valence-electron chi connectivity index (χ1n) is 4.46. The van der Waals surface area contributed by atoms with Crippen LogP contribution < -0.4 is 10.5 Å². The van der Waals surface area contributed by atoms with Crippen molar-refractivity contribution >= 4 is 11.6 Å². The number of benzene rings is 1. The third kappa shape index (κ3) is 1.52. The zero-order valence-electron chi connectivity index (χ0n) is 7.35. The highest BCUT2D eigenvalue weighted by Gasteiger charge is 2.17. The van der Waals surface area contributed by atoms with Gasteiger partial charge in [0.15, 0.2) is 0 Å². The number of rotatable bonds is 2. The average Bonchev–Trinajstić information content (AvgIpc) is 2.58. The van der Waals surface area contributed by atoms with Crippen LogP contribution in [0.15, 0.2) is 12.1 Å². The van der Waals surface area contributed by atoms with Gasteiger partial charge in [0.2, 0.25) is 0 Å². The van der Waals surface area contributed by atoms with E-state index in [2.05, 4.69) is 0 Å². The first-order valence-corrected chi connectivity index (χ1v) is 4.84. The molecule has 3 heteroatoms. The summed E-state index contributed by atoms with van der Waals surface area (Å²) in [6, 6.07) is 3.82. The smallest absolute Gasteiger partial charge is 0.123 e. The Morgan fingerprint density at radius 3 is 3.08 bits per heavy atom. The van der Waals surface area contributed by atoms with E-state index in [1.807, 2.05) is 12.1 Å². The Hall–Kier alpha value is -0.730. The van der Waals surface area contributed by atoms with Crippen LogP contribution in [0, 0.1) is 0 Å². The van der Waals surface area contributed by atoms with Gasteiger partial charge in [0.05, 0.1) is 6.61 Å². The maximum Gasteiger partial charge on any atom is 0.123 e. The van der Waals surface area contributed by atoms with Crippen LogP contribution in [0.2, 0.25) is 5.02 Å². The maximum absolute atomic E-state index is 6.08. The summed E-state index contributed by atoms with van der Waals surface area (Å²) in [6.07, 6.45) is 1.80. The molecule has 70 valence electrons. The Bertz CT molecular complexity index is 325. The summed E-state index contributed by atoms with van der Waals surface area (Å²) in [5.41, 5.74) is 7.94. The lowest BCUT2D eigenvalue weighted by molar-refractivity contribution is 0.357. The van der Waals surface area contributed by atoms with Gasteiger partial charge < -0.3 is 10.5 Å². The molecule has 0 atom stereocenters. The molecule has 0 unspecified atom stereocenters. The van der Waals surface area contributed by atoms with Crippen molar-refractivity contribution in [2.75, 3.05) is 13.2 Å². The molecule has 1 heterocycles. The monoisotopic (exact) mass is 197 g/mol. The molecule has 0 saturated carbocycles. The van der Waals surface area contributed by atoms with Gasteiger partial charge in [-0.25, -0.2) is 0 Å². The third-order valence-corrected chi connectivity index (χ3v) is 2.69. The normalized spacial score (nSPS) is 14.0. The van der Waals surface area contributed by atoms with Crippen LogP contribution in [-0.2, 0) is 12.8 Å². The summed E-state index contributed by atoms with van der Waals surface area (Å²) >= 11 is 6.08. The van der Waals surface area contributed by atoms with Crippen LogP contribution in [0.5, 0.6) is 5.75 Å². The maximum atomic E-state index is 6.08. The van der Waals surface area contributed by atoms with Crippen molar-refractivity contribution in [2.45, 2.75) is 12.8 Å². The van der Waals surface area contributed by atoms with Crippen molar-refractivity contribution in [3.05, 3.63) is 28.3 Å². The lowest BCUT2D eigenvalue weighted by Gasteiger charge is -2.07. The predicted octanol–water partition coefficient (Wildman–Crippen LogP) is 1.78. The van der Waals surface area contributed by atoms with E-state index < -0.39 is 0 Å². The number of hydrogen-bond donors (Lipinski definition) is 1. The highest BCUT2D eigenvalue weighted by molar-refractivity contribution is 6.31. The minimum absolute atomic E-state index is 0.635. The molecule has 0 saturated heterocycles.